The van der Waals surface area contributed by atoms with Gasteiger partial charge >= 0.3 is 0 Å². The van der Waals surface area contributed by atoms with Gasteiger partial charge in [0.1, 0.15) is 0 Å². The van der Waals surface area contributed by atoms with E-state index in [2.05, 4.69) is 24.1 Å². The SMILES string of the molecule is CCCC(C)(N)C(=O)NCC(C)N1CCCCC1. The van der Waals surface area contributed by atoms with Gasteiger partial charge in [0, 0.05) is 12.6 Å². The number of nitrogens with one attached hydrogen (secondary N) is 1. The number of piperidine rings is 1. The molecule has 3 N–H and O–H groups in total. The fourth-order valence-electron chi connectivity index (χ4n) is 2.56. The summed E-state index contributed by atoms with van der Waals surface area (Å²) in [6.45, 7) is 9.07. The van der Waals surface area contributed by atoms with Crippen molar-refractivity contribution in [1.29, 1.82) is 0 Å². The molecule has 0 spiro atoms. The molecule has 0 aromatic heterocycles. The predicted octanol–water partition coefficient (Wildman–Crippen LogP) is 1.49. The number of hydrogen-bond donors (Lipinski definition) is 2. The van der Waals surface area contributed by atoms with E-state index in [1.807, 2.05) is 6.92 Å². The number of carbonyl (C=O) groups is 1. The summed E-state index contributed by atoms with van der Waals surface area (Å²) < 4.78 is 0. The van der Waals surface area contributed by atoms with E-state index in [4.69, 9.17) is 5.73 Å². The molecule has 0 bridgehead atoms. The number of carbonyl (C=O) groups excluding carboxylic acids is 1. The van der Waals surface area contributed by atoms with E-state index in [1.54, 1.807) is 0 Å². The second-order valence-corrected chi connectivity index (χ2v) is 5.82. The lowest BCUT2D eigenvalue weighted by atomic mass is 9.96. The Morgan fingerprint density at radius 3 is 2.56 bits per heavy atom. The Kier molecular flexibility index (Phi) is 6.09. The normalized spacial score (nSPS) is 22.2. The Hall–Kier alpha value is -0.610. The third-order valence-electron chi connectivity index (χ3n) is 3.86. The van der Waals surface area contributed by atoms with Gasteiger partial charge in [0.2, 0.25) is 5.91 Å². The van der Waals surface area contributed by atoms with E-state index in [1.165, 1.54) is 19.3 Å². The summed E-state index contributed by atoms with van der Waals surface area (Å²) in [5.41, 5.74) is 5.28. The first-order chi connectivity index (χ1) is 8.47. The molecule has 1 amide bonds. The van der Waals surface area contributed by atoms with E-state index in [0.29, 0.717) is 12.6 Å². The molecule has 2 unspecified atom stereocenters. The smallest absolute Gasteiger partial charge is 0.239 e. The molecule has 0 aromatic rings. The van der Waals surface area contributed by atoms with Gasteiger partial charge in [0.05, 0.1) is 5.54 Å². The van der Waals surface area contributed by atoms with Crippen LogP contribution in [0, 0.1) is 0 Å². The zero-order chi connectivity index (χ0) is 13.6. The Morgan fingerprint density at radius 2 is 2.00 bits per heavy atom. The molecule has 2 atom stereocenters. The highest BCUT2D eigenvalue weighted by Crippen LogP contribution is 2.12. The van der Waals surface area contributed by atoms with E-state index in [9.17, 15) is 4.79 Å². The molecule has 0 saturated carbocycles. The van der Waals surface area contributed by atoms with Gasteiger partial charge < -0.3 is 11.1 Å². The van der Waals surface area contributed by atoms with Crippen LogP contribution in [-0.4, -0.2) is 42.0 Å². The van der Waals surface area contributed by atoms with E-state index in [0.717, 1.165) is 25.9 Å². The van der Waals surface area contributed by atoms with E-state index >= 15 is 0 Å². The average molecular weight is 255 g/mol. The molecule has 0 aromatic carbocycles. The number of rotatable bonds is 6. The molecule has 0 radical (unpaired) electrons. The standard InChI is InChI=1S/C14H29N3O/c1-4-8-14(3,15)13(18)16-11-12(2)17-9-6-5-7-10-17/h12H,4-11,15H2,1-3H3,(H,16,18). The van der Waals surface area contributed by atoms with Crippen molar-refractivity contribution in [3.05, 3.63) is 0 Å². The molecule has 0 aliphatic carbocycles. The molecular formula is C14H29N3O. The summed E-state index contributed by atoms with van der Waals surface area (Å²) in [5.74, 6) is -0.0202. The third-order valence-corrected chi connectivity index (χ3v) is 3.86. The monoisotopic (exact) mass is 255 g/mol. The highest BCUT2D eigenvalue weighted by molar-refractivity contribution is 5.85. The van der Waals surface area contributed by atoms with Crippen molar-refractivity contribution < 1.29 is 4.79 Å². The Morgan fingerprint density at radius 1 is 1.39 bits per heavy atom. The number of amides is 1. The van der Waals surface area contributed by atoms with Gasteiger partial charge in [-0.2, -0.15) is 0 Å². The summed E-state index contributed by atoms with van der Waals surface area (Å²) in [6, 6.07) is 0.409. The van der Waals surface area contributed by atoms with Crippen LogP contribution < -0.4 is 11.1 Å². The number of nitrogens with zero attached hydrogens (tertiary/aromatic N) is 1. The fourth-order valence-corrected chi connectivity index (χ4v) is 2.56. The second kappa shape index (κ2) is 7.10. The minimum Gasteiger partial charge on any atom is -0.353 e. The van der Waals surface area contributed by atoms with Crippen LogP contribution in [0.25, 0.3) is 0 Å². The lowest BCUT2D eigenvalue weighted by Crippen LogP contribution is -2.54. The Labute approximate surface area is 111 Å². The van der Waals surface area contributed by atoms with Crippen molar-refractivity contribution in [1.82, 2.24) is 10.2 Å². The maximum atomic E-state index is 12.0. The van der Waals surface area contributed by atoms with E-state index in [-0.39, 0.29) is 5.91 Å². The molecule has 1 saturated heterocycles. The van der Waals surface area contributed by atoms with E-state index < -0.39 is 5.54 Å². The molecule has 1 heterocycles. The summed E-state index contributed by atoms with van der Waals surface area (Å²) in [7, 11) is 0. The summed E-state index contributed by atoms with van der Waals surface area (Å²) in [4.78, 5) is 14.4. The summed E-state index contributed by atoms with van der Waals surface area (Å²) in [5, 5.41) is 3.00. The van der Waals surface area contributed by atoms with Gasteiger partial charge in [-0.3, -0.25) is 9.69 Å². The first-order valence-electron chi connectivity index (χ1n) is 7.28. The molecule has 4 nitrogen and oxygen atoms in total. The Balaban J connectivity index is 2.32. The maximum Gasteiger partial charge on any atom is 0.239 e. The van der Waals surface area contributed by atoms with Crippen LogP contribution in [0.1, 0.15) is 52.9 Å². The highest BCUT2D eigenvalue weighted by Gasteiger charge is 2.27. The zero-order valence-electron chi connectivity index (χ0n) is 12.2. The highest BCUT2D eigenvalue weighted by atomic mass is 16.2. The first kappa shape index (κ1) is 15.4. The van der Waals surface area contributed by atoms with Gasteiger partial charge in [-0.15, -0.1) is 0 Å². The number of likely N-dealkylation sites (tertiary alicyclic amines) is 1. The molecule has 18 heavy (non-hydrogen) atoms. The lowest BCUT2D eigenvalue weighted by molar-refractivity contribution is -0.126. The van der Waals surface area contributed by atoms with Gasteiger partial charge in [-0.25, -0.2) is 0 Å². The maximum absolute atomic E-state index is 12.0. The number of hydrogen-bond acceptors (Lipinski definition) is 3. The van der Waals surface area contributed by atoms with Crippen molar-refractivity contribution in [2.45, 2.75) is 64.5 Å². The largest absolute Gasteiger partial charge is 0.353 e. The average Bonchev–Trinajstić information content (AvgIpc) is 2.36. The van der Waals surface area contributed by atoms with Gasteiger partial charge in [-0.05, 0) is 46.2 Å². The molecule has 1 aliphatic heterocycles. The van der Waals surface area contributed by atoms with Crippen molar-refractivity contribution in [3.63, 3.8) is 0 Å². The van der Waals surface area contributed by atoms with Crippen LogP contribution >= 0.6 is 0 Å². The van der Waals surface area contributed by atoms with Crippen molar-refractivity contribution in [2.75, 3.05) is 19.6 Å². The molecule has 1 fully saturated rings. The molecule has 1 rings (SSSR count). The minimum atomic E-state index is -0.726. The minimum absolute atomic E-state index is 0.0202. The topological polar surface area (TPSA) is 58.4 Å². The van der Waals surface area contributed by atoms with Crippen molar-refractivity contribution in [2.24, 2.45) is 5.73 Å². The van der Waals surface area contributed by atoms with Gasteiger partial charge in [-0.1, -0.05) is 19.8 Å². The van der Waals surface area contributed by atoms with Crippen LogP contribution in [0.5, 0.6) is 0 Å². The second-order valence-electron chi connectivity index (χ2n) is 5.82. The van der Waals surface area contributed by atoms with Crippen molar-refractivity contribution >= 4 is 5.91 Å². The molecule has 4 heteroatoms. The quantitative estimate of drug-likeness (QED) is 0.756. The zero-order valence-corrected chi connectivity index (χ0v) is 12.2. The van der Waals surface area contributed by atoms with Crippen LogP contribution in [0.4, 0.5) is 0 Å². The van der Waals surface area contributed by atoms with Crippen molar-refractivity contribution in [3.8, 4) is 0 Å². The van der Waals surface area contributed by atoms with Crippen LogP contribution in [0.3, 0.4) is 0 Å². The van der Waals surface area contributed by atoms with Crippen LogP contribution in [0.15, 0.2) is 0 Å². The lowest BCUT2D eigenvalue weighted by Gasteiger charge is -2.33. The van der Waals surface area contributed by atoms with Gasteiger partial charge in [0.15, 0.2) is 0 Å². The summed E-state index contributed by atoms with van der Waals surface area (Å²) in [6.07, 6.45) is 5.57. The molecular weight excluding hydrogens is 226 g/mol. The van der Waals surface area contributed by atoms with Crippen LogP contribution in [-0.2, 0) is 4.79 Å². The van der Waals surface area contributed by atoms with Crippen LogP contribution in [0.2, 0.25) is 0 Å². The van der Waals surface area contributed by atoms with Gasteiger partial charge in [0.25, 0.3) is 0 Å². The Bertz CT molecular complexity index is 260. The summed E-state index contributed by atoms with van der Waals surface area (Å²) >= 11 is 0. The fraction of sp³-hybridized carbons (Fsp3) is 0.929. The third kappa shape index (κ3) is 4.58. The predicted molar refractivity (Wildman–Crippen MR) is 75.4 cm³/mol. The number of nitrogens with two attached hydrogens (primary N) is 1. The molecule has 1 aliphatic rings. The first-order valence-corrected chi connectivity index (χ1v) is 7.28. The molecule has 106 valence electrons.